The lowest BCUT2D eigenvalue weighted by Gasteiger charge is -2.14. The summed E-state index contributed by atoms with van der Waals surface area (Å²) in [5.74, 6) is 0.684. The van der Waals surface area contributed by atoms with Crippen LogP contribution >= 0.6 is 0 Å². The minimum Gasteiger partial charge on any atom is -0.350 e. The van der Waals surface area contributed by atoms with E-state index < -0.39 is 0 Å². The van der Waals surface area contributed by atoms with Gasteiger partial charge < -0.3 is 15.6 Å². The number of nitrogens with one attached hydrogen (secondary N) is 3. The molecule has 8 nitrogen and oxygen atoms in total. The predicted octanol–water partition coefficient (Wildman–Crippen LogP) is -0.261. The number of aromatic amines is 1. The van der Waals surface area contributed by atoms with Crippen molar-refractivity contribution in [2.75, 3.05) is 0 Å². The van der Waals surface area contributed by atoms with Crippen LogP contribution in [-0.2, 0) is 27.5 Å². The molecule has 4 aliphatic rings. The molecule has 0 aliphatic heterocycles. The fourth-order valence-corrected chi connectivity index (χ4v) is 4.61. The minimum absolute atomic E-state index is 0.107. The van der Waals surface area contributed by atoms with Crippen LogP contribution in [0.4, 0.5) is 0 Å². The first-order chi connectivity index (χ1) is 12.4. The summed E-state index contributed by atoms with van der Waals surface area (Å²) in [6, 6.07) is 1.33. The zero-order valence-corrected chi connectivity index (χ0v) is 14.7. The molecular formula is C18H22N4O4. The highest BCUT2D eigenvalue weighted by Gasteiger charge is 2.75. The van der Waals surface area contributed by atoms with Gasteiger partial charge in [-0.2, -0.15) is 0 Å². The molecule has 0 aromatic carbocycles. The maximum Gasteiger partial charge on any atom is 0.251 e. The van der Waals surface area contributed by atoms with E-state index in [1.807, 2.05) is 0 Å². The van der Waals surface area contributed by atoms with E-state index in [1.165, 1.54) is 6.07 Å². The van der Waals surface area contributed by atoms with Gasteiger partial charge in [-0.15, -0.1) is 0 Å². The van der Waals surface area contributed by atoms with Gasteiger partial charge in [-0.3, -0.25) is 19.2 Å². The van der Waals surface area contributed by atoms with Crippen LogP contribution in [0.25, 0.3) is 0 Å². The first-order valence-electron chi connectivity index (χ1n) is 9.05. The van der Waals surface area contributed by atoms with Gasteiger partial charge in [0, 0.05) is 23.8 Å². The number of carbonyl (C=O) groups excluding carboxylic acids is 3. The van der Waals surface area contributed by atoms with Crippen molar-refractivity contribution in [1.82, 2.24) is 20.6 Å². The van der Waals surface area contributed by atoms with E-state index in [9.17, 15) is 19.2 Å². The number of H-pyrrole nitrogens is 1. The molecule has 3 N–H and O–H groups in total. The van der Waals surface area contributed by atoms with Crippen molar-refractivity contribution in [3.63, 3.8) is 0 Å². The Morgan fingerprint density at radius 1 is 1.27 bits per heavy atom. The van der Waals surface area contributed by atoms with Crippen LogP contribution < -0.4 is 16.2 Å². The van der Waals surface area contributed by atoms with Gasteiger partial charge in [-0.1, -0.05) is 13.8 Å². The van der Waals surface area contributed by atoms with E-state index >= 15 is 0 Å². The van der Waals surface area contributed by atoms with Gasteiger partial charge in [0.05, 0.1) is 24.7 Å². The first kappa shape index (κ1) is 16.9. The number of aromatic nitrogens is 2. The van der Waals surface area contributed by atoms with Gasteiger partial charge in [-0.25, -0.2) is 4.98 Å². The van der Waals surface area contributed by atoms with Crippen LogP contribution in [0.2, 0.25) is 0 Å². The number of rotatable bonds is 6. The summed E-state index contributed by atoms with van der Waals surface area (Å²) < 4.78 is 0. The quantitative estimate of drug-likeness (QED) is 0.647. The molecule has 1 heterocycles. The Labute approximate surface area is 150 Å². The highest BCUT2D eigenvalue weighted by Crippen LogP contribution is 2.71. The molecule has 1 aromatic heterocycles. The number of hydrogen-bond acceptors (Lipinski definition) is 5. The van der Waals surface area contributed by atoms with Crippen LogP contribution in [-0.4, -0.2) is 27.6 Å². The second-order valence-corrected chi connectivity index (χ2v) is 7.81. The molecule has 2 amide bonds. The number of hydrogen-bond donors (Lipinski definition) is 3. The summed E-state index contributed by atoms with van der Waals surface area (Å²) in [6.45, 7) is 3.81. The van der Waals surface area contributed by atoms with E-state index in [4.69, 9.17) is 0 Å². The molecule has 138 valence electrons. The Kier molecular flexibility index (Phi) is 3.93. The SMILES string of the molecule is CC(C)C(=O)NCc1nc(CNC(=O)C2C3CC4C(C3=O)C42)cc(=O)[nH]1. The number of Topliss-reactive ketones (excluding diaryl/α,β-unsaturated/α-hetero) is 1. The lowest BCUT2D eigenvalue weighted by Crippen LogP contribution is -2.34. The van der Waals surface area contributed by atoms with Gasteiger partial charge in [0.2, 0.25) is 11.8 Å². The second kappa shape index (κ2) is 6.03. The second-order valence-electron chi connectivity index (χ2n) is 7.81. The highest BCUT2D eigenvalue weighted by molar-refractivity contribution is 5.99. The summed E-state index contributed by atoms with van der Waals surface area (Å²) in [7, 11) is 0. The van der Waals surface area contributed by atoms with Gasteiger partial charge >= 0.3 is 0 Å². The summed E-state index contributed by atoms with van der Waals surface area (Å²) >= 11 is 0. The summed E-state index contributed by atoms with van der Waals surface area (Å²) in [4.78, 5) is 54.7. The highest BCUT2D eigenvalue weighted by atomic mass is 16.2. The summed E-state index contributed by atoms with van der Waals surface area (Å²) in [5, 5.41) is 5.51. The Balaban J connectivity index is 1.36. The van der Waals surface area contributed by atoms with Crippen molar-refractivity contribution in [2.24, 2.45) is 35.5 Å². The molecule has 8 heteroatoms. The number of carbonyl (C=O) groups is 3. The Morgan fingerprint density at radius 2 is 2.04 bits per heavy atom. The normalized spacial score (nSPS) is 30.6. The third kappa shape index (κ3) is 2.73. The van der Waals surface area contributed by atoms with Gasteiger partial charge in [-0.05, 0) is 18.3 Å². The van der Waals surface area contributed by atoms with Gasteiger partial charge in [0.25, 0.3) is 5.56 Å². The zero-order chi connectivity index (χ0) is 18.6. The van der Waals surface area contributed by atoms with Crippen LogP contribution in [0.15, 0.2) is 10.9 Å². The van der Waals surface area contributed by atoms with E-state index in [-0.39, 0.29) is 65.8 Å². The fraction of sp³-hybridized carbons (Fsp3) is 0.611. The van der Waals surface area contributed by atoms with Crippen molar-refractivity contribution >= 4 is 17.6 Å². The van der Waals surface area contributed by atoms with Crippen molar-refractivity contribution in [2.45, 2.75) is 33.4 Å². The maximum atomic E-state index is 12.5. The first-order valence-corrected chi connectivity index (χ1v) is 9.05. The van der Waals surface area contributed by atoms with Crippen LogP contribution in [0, 0.1) is 35.5 Å². The van der Waals surface area contributed by atoms with Crippen LogP contribution in [0.1, 0.15) is 31.8 Å². The lowest BCUT2D eigenvalue weighted by molar-refractivity contribution is -0.129. The fourth-order valence-electron chi connectivity index (χ4n) is 4.61. The molecule has 1 aromatic rings. The average molecular weight is 358 g/mol. The Hall–Kier alpha value is -2.51. The monoisotopic (exact) mass is 358 g/mol. The molecule has 0 spiro atoms. The third-order valence-corrected chi connectivity index (χ3v) is 5.84. The molecule has 26 heavy (non-hydrogen) atoms. The lowest BCUT2D eigenvalue weighted by atomic mass is 9.97. The van der Waals surface area contributed by atoms with Crippen molar-refractivity contribution in [3.8, 4) is 0 Å². The number of nitrogens with zero attached hydrogens (tertiary/aromatic N) is 1. The zero-order valence-electron chi connectivity index (χ0n) is 14.7. The van der Waals surface area contributed by atoms with Crippen molar-refractivity contribution in [3.05, 3.63) is 27.9 Å². The van der Waals surface area contributed by atoms with Crippen LogP contribution in [0.5, 0.6) is 0 Å². The molecule has 5 rings (SSSR count). The largest absolute Gasteiger partial charge is 0.350 e. The summed E-state index contributed by atoms with van der Waals surface area (Å²) in [5.41, 5.74) is 0.0958. The topological polar surface area (TPSA) is 121 Å². The molecule has 4 aliphatic carbocycles. The van der Waals surface area contributed by atoms with Crippen LogP contribution in [0.3, 0.4) is 0 Å². The standard InChI is InChI=1S/C18H22N4O4/c1-7(2)17(25)20-6-11-21-8(3-12(23)22-11)5-19-18(26)15-10-4-9-13(15)14(9)16(10)24/h3,7,9-10,13-15H,4-6H2,1-2H3,(H,19,26)(H,20,25)(H,21,22,23). The van der Waals surface area contributed by atoms with Crippen molar-refractivity contribution < 1.29 is 14.4 Å². The van der Waals surface area contributed by atoms with Gasteiger partial charge in [0.15, 0.2) is 0 Å². The smallest absolute Gasteiger partial charge is 0.251 e. The Morgan fingerprint density at radius 3 is 2.62 bits per heavy atom. The minimum atomic E-state index is -0.335. The van der Waals surface area contributed by atoms with E-state index in [2.05, 4.69) is 20.6 Å². The molecule has 4 fully saturated rings. The molecule has 5 atom stereocenters. The predicted molar refractivity (Wildman–Crippen MR) is 90.5 cm³/mol. The van der Waals surface area contributed by atoms with Gasteiger partial charge in [0.1, 0.15) is 11.6 Å². The van der Waals surface area contributed by atoms with E-state index in [0.717, 1.165) is 6.42 Å². The summed E-state index contributed by atoms with van der Waals surface area (Å²) in [6.07, 6.45) is 0.856. The molecule has 4 bridgehead atoms. The molecular weight excluding hydrogens is 336 g/mol. The number of ketones is 1. The number of amides is 2. The third-order valence-electron chi connectivity index (χ3n) is 5.84. The average Bonchev–Trinajstić information content (AvgIpc) is 2.86. The van der Waals surface area contributed by atoms with Crippen molar-refractivity contribution in [1.29, 1.82) is 0 Å². The Bertz CT molecular complexity index is 846. The van der Waals surface area contributed by atoms with E-state index in [0.29, 0.717) is 17.4 Å². The van der Waals surface area contributed by atoms with E-state index in [1.54, 1.807) is 13.8 Å². The molecule has 4 saturated carbocycles. The molecule has 5 unspecified atom stereocenters. The molecule has 0 saturated heterocycles. The molecule has 0 radical (unpaired) electrons. The maximum absolute atomic E-state index is 12.5.